The van der Waals surface area contributed by atoms with Gasteiger partial charge in [-0.05, 0) is 48.0 Å². The molecule has 0 aliphatic rings. The van der Waals surface area contributed by atoms with E-state index in [9.17, 15) is 9.18 Å². The fourth-order valence-electron chi connectivity index (χ4n) is 2.73. The molecule has 0 saturated carbocycles. The molecular weight excluding hydrogens is 432 g/mol. The number of carboxylic acid groups (broad SMARTS) is 1. The van der Waals surface area contributed by atoms with E-state index >= 15 is 0 Å². The van der Waals surface area contributed by atoms with Gasteiger partial charge in [-0.15, -0.1) is 0 Å². The van der Waals surface area contributed by atoms with Crippen LogP contribution in [-0.2, 0) is 13.2 Å². The van der Waals surface area contributed by atoms with Crippen molar-refractivity contribution >= 4 is 34.9 Å². The molecule has 30 heavy (non-hydrogen) atoms. The number of nitrogens with one attached hydrogen (secondary N) is 1. The van der Waals surface area contributed by atoms with E-state index in [0.717, 1.165) is 11.3 Å². The lowest BCUT2D eigenvalue weighted by molar-refractivity contribution is 0.0697. The van der Waals surface area contributed by atoms with E-state index in [-0.39, 0.29) is 22.8 Å². The number of rotatable bonds is 8. The van der Waals surface area contributed by atoms with Crippen LogP contribution in [0.2, 0.25) is 10.0 Å². The number of benzene rings is 3. The molecule has 0 amide bonds. The van der Waals surface area contributed by atoms with Crippen LogP contribution in [0.25, 0.3) is 0 Å². The third-order valence-electron chi connectivity index (χ3n) is 4.38. The summed E-state index contributed by atoms with van der Waals surface area (Å²) < 4.78 is 25.0. The Morgan fingerprint density at radius 2 is 1.80 bits per heavy atom. The molecule has 3 aromatic rings. The van der Waals surface area contributed by atoms with E-state index < -0.39 is 11.8 Å². The average Bonchev–Trinajstić information content (AvgIpc) is 2.73. The number of carboxylic acids is 1. The Balaban J connectivity index is 1.72. The third-order valence-corrected chi connectivity index (χ3v) is 5.09. The molecule has 3 aromatic carbocycles. The average molecular weight is 450 g/mol. The molecular formula is C22H18Cl2FNO4. The lowest BCUT2D eigenvalue weighted by Crippen LogP contribution is -2.04. The van der Waals surface area contributed by atoms with Crippen LogP contribution < -0.4 is 14.8 Å². The Morgan fingerprint density at radius 1 is 1.07 bits per heavy atom. The second-order valence-electron chi connectivity index (χ2n) is 6.32. The Kier molecular flexibility index (Phi) is 7.03. The summed E-state index contributed by atoms with van der Waals surface area (Å²) in [6.45, 7) is 0.298. The molecule has 8 heteroatoms. The van der Waals surface area contributed by atoms with Gasteiger partial charge in [-0.1, -0.05) is 29.3 Å². The smallest absolute Gasteiger partial charge is 0.335 e. The maximum atomic E-state index is 13.9. The summed E-state index contributed by atoms with van der Waals surface area (Å²) in [7, 11) is 1.49. The number of carbonyl (C=O) groups is 1. The molecule has 0 bridgehead atoms. The molecule has 0 aliphatic carbocycles. The number of halogens is 3. The van der Waals surface area contributed by atoms with Crippen LogP contribution in [0, 0.1) is 5.82 Å². The number of hydrogen-bond donors (Lipinski definition) is 2. The molecule has 0 unspecified atom stereocenters. The number of anilines is 1. The Hall–Kier alpha value is -2.96. The summed E-state index contributed by atoms with van der Waals surface area (Å²) in [5, 5.41) is 12.8. The summed E-state index contributed by atoms with van der Waals surface area (Å²) in [6, 6.07) is 14.1. The van der Waals surface area contributed by atoms with Crippen molar-refractivity contribution in [1.82, 2.24) is 0 Å². The fourth-order valence-corrected chi connectivity index (χ4v) is 3.17. The predicted octanol–water partition coefficient (Wildman–Crippen LogP) is 6.03. The molecule has 2 N–H and O–H groups in total. The lowest BCUT2D eigenvalue weighted by Gasteiger charge is -2.15. The zero-order chi connectivity index (χ0) is 21.7. The minimum absolute atomic E-state index is 0.0777. The molecule has 5 nitrogen and oxygen atoms in total. The van der Waals surface area contributed by atoms with E-state index in [2.05, 4.69) is 5.32 Å². The van der Waals surface area contributed by atoms with Crippen LogP contribution in [0.3, 0.4) is 0 Å². The molecule has 0 aromatic heterocycles. The second-order valence-corrected chi connectivity index (χ2v) is 7.13. The summed E-state index contributed by atoms with van der Waals surface area (Å²) in [6.07, 6.45) is 0. The topological polar surface area (TPSA) is 67.8 Å². The SMILES string of the molecule is COc1cc(CNc2ccc(C(=O)O)cc2)c(Cl)cc1OCc1c(F)cccc1Cl. The van der Waals surface area contributed by atoms with Crippen molar-refractivity contribution in [3.8, 4) is 11.5 Å². The van der Waals surface area contributed by atoms with Gasteiger partial charge in [0, 0.05) is 28.9 Å². The van der Waals surface area contributed by atoms with E-state index in [1.54, 1.807) is 30.3 Å². The maximum absolute atomic E-state index is 13.9. The Labute approximate surface area is 183 Å². The van der Waals surface area contributed by atoms with Crippen molar-refractivity contribution in [3.05, 3.63) is 87.2 Å². The highest BCUT2D eigenvalue weighted by Crippen LogP contribution is 2.35. The standard InChI is InChI=1S/C22H18Cl2FNO4/c1-29-20-9-14(11-26-15-7-5-13(6-8-15)22(27)28)18(24)10-21(20)30-12-16-17(23)3-2-4-19(16)25/h2-10,26H,11-12H2,1H3,(H,27,28). The van der Waals surface area contributed by atoms with Crippen LogP contribution in [0.1, 0.15) is 21.5 Å². The van der Waals surface area contributed by atoms with E-state index in [0.29, 0.717) is 23.1 Å². The van der Waals surface area contributed by atoms with Crippen LogP contribution >= 0.6 is 23.2 Å². The first-order chi connectivity index (χ1) is 14.4. The zero-order valence-electron chi connectivity index (χ0n) is 15.9. The van der Waals surface area contributed by atoms with Crippen molar-refractivity contribution in [2.45, 2.75) is 13.2 Å². The van der Waals surface area contributed by atoms with Crippen molar-refractivity contribution in [3.63, 3.8) is 0 Å². The Morgan fingerprint density at radius 3 is 2.43 bits per heavy atom. The highest BCUT2D eigenvalue weighted by atomic mass is 35.5. The van der Waals surface area contributed by atoms with Gasteiger partial charge in [0.2, 0.25) is 0 Å². The first-order valence-electron chi connectivity index (χ1n) is 8.88. The van der Waals surface area contributed by atoms with Gasteiger partial charge in [-0.2, -0.15) is 0 Å². The van der Waals surface area contributed by atoms with Crippen LogP contribution in [0.4, 0.5) is 10.1 Å². The summed E-state index contributed by atoms with van der Waals surface area (Å²) in [4.78, 5) is 10.9. The molecule has 0 radical (unpaired) electrons. The lowest BCUT2D eigenvalue weighted by atomic mass is 10.1. The van der Waals surface area contributed by atoms with Gasteiger partial charge in [0.25, 0.3) is 0 Å². The minimum atomic E-state index is -0.985. The molecule has 0 spiro atoms. The molecule has 0 heterocycles. The van der Waals surface area contributed by atoms with E-state index in [1.807, 2.05) is 0 Å². The molecule has 0 atom stereocenters. The third kappa shape index (κ3) is 5.14. The van der Waals surface area contributed by atoms with Crippen molar-refractivity contribution in [2.75, 3.05) is 12.4 Å². The fraction of sp³-hybridized carbons (Fsp3) is 0.136. The van der Waals surface area contributed by atoms with Crippen LogP contribution in [-0.4, -0.2) is 18.2 Å². The molecule has 0 aliphatic heterocycles. The Bertz CT molecular complexity index is 1040. The van der Waals surface area contributed by atoms with Crippen molar-refractivity contribution in [1.29, 1.82) is 0 Å². The summed E-state index contributed by atoms with van der Waals surface area (Å²) >= 11 is 12.4. The van der Waals surface area contributed by atoms with Crippen molar-refractivity contribution in [2.24, 2.45) is 0 Å². The normalized spacial score (nSPS) is 10.5. The van der Waals surface area contributed by atoms with Crippen LogP contribution in [0.5, 0.6) is 11.5 Å². The second kappa shape index (κ2) is 9.69. The van der Waals surface area contributed by atoms with Gasteiger partial charge in [-0.3, -0.25) is 0 Å². The summed E-state index contributed by atoms with van der Waals surface area (Å²) in [5.74, 6) is -0.648. The van der Waals surface area contributed by atoms with Gasteiger partial charge in [0.05, 0.1) is 17.7 Å². The molecule has 3 rings (SSSR count). The first-order valence-corrected chi connectivity index (χ1v) is 9.64. The molecule has 156 valence electrons. The van der Waals surface area contributed by atoms with Gasteiger partial charge >= 0.3 is 5.97 Å². The van der Waals surface area contributed by atoms with Crippen LogP contribution in [0.15, 0.2) is 54.6 Å². The number of ether oxygens (including phenoxy) is 2. The highest BCUT2D eigenvalue weighted by Gasteiger charge is 2.14. The van der Waals surface area contributed by atoms with Gasteiger partial charge < -0.3 is 19.9 Å². The van der Waals surface area contributed by atoms with E-state index in [4.69, 9.17) is 37.8 Å². The monoisotopic (exact) mass is 449 g/mol. The first kappa shape index (κ1) is 21.7. The number of hydrogen-bond acceptors (Lipinski definition) is 4. The number of aromatic carboxylic acids is 1. The zero-order valence-corrected chi connectivity index (χ0v) is 17.4. The van der Waals surface area contributed by atoms with Gasteiger partial charge in [-0.25, -0.2) is 9.18 Å². The predicted molar refractivity (Wildman–Crippen MR) is 114 cm³/mol. The van der Waals surface area contributed by atoms with Crippen molar-refractivity contribution < 1.29 is 23.8 Å². The van der Waals surface area contributed by atoms with E-state index in [1.165, 1.54) is 31.4 Å². The maximum Gasteiger partial charge on any atom is 0.335 e. The quantitative estimate of drug-likeness (QED) is 0.439. The number of methoxy groups -OCH3 is 1. The molecule has 0 fully saturated rings. The minimum Gasteiger partial charge on any atom is -0.493 e. The summed E-state index contributed by atoms with van der Waals surface area (Å²) in [5.41, 5.74) is 1.93. The molecule has 0 saturated heterocycles. The largest absolute Gasteiger partial charge is 0.493 e. The van der Waals surface area contributed by atoms with Gasteiger partial charge in [0.1, 0.15) is 12.4 Å². The highest BCUT2D eigenvalue weighted by molar-refractivity contribution is 6.31. The van der Waals surface area contributed by atoms with Gasteiger partial charge in [0.15, 0.2) is 11.5 Å².